The van der Waals surface area contributed by atoms with Crippen molar-refractivity contribution in [1.29, 1.82) is 0 Å². The lowest BCUT2D eigenvalue weighted by molar-refractivity contribution is 0.166. The average Bonchev–Trinajstić information content (AvgIpc) is 3.00. The van der Waals surface area contributed by atoms with Gasteiger partial charge in [0.15, 0.2) is 0 Å². The standard InChI is InChI=1S/C18H20ClN3O3/c1-18(2,10-23)22-9-13-14(16(24)21(4)17(25)20(13)3)15(22)11-7-5-6-8-12(11)19/h5-9,23H,10H2,1-4H3. The van der Waals surface area contributed by atoms with Gasteiger partial charge in [-0.15, -0.1) is 0 Å². The van der Waals surface area contributed by atoms with Crippen LogP contribution < -0.4 is 11.2 Å². The van der Waals surface area contributed by atoms with Crippen molar-refractivity contribution in [3.63, 3.8) is 0 Å². The maximum atomic E-state index is 12.9. The molecular formula is C18H20ClN3O3. The molecule has 2 aromatic heterocycles. The second-order valence-corrected chi connectivity index (χ2v) is 7.17. The smallest absolute Gasteiger partial charge is 0.330 e. The SMILES string of the molecule is Cn1c(=O)c2c(-c3ccccc3Cl)n(C(C)(C)CO)cc2n(C)c1=O. The van der Waals surface area contributed by atoms with Gasteiger partial charge in [-0.1, -0.05) is 29.8 Å². The van der Waals surface area contributed by atoms with Gasteiger partial charge in [-0.05, 0) is 19.9 Å². The third-order valence-corrected chi connectivity index (χ3v) is 4.94. The monoisotopic (exact) mass is 361 g/mol. The Morgan fingerprint density at radius 2 is 1.76 bits per heavy atom. The van der Waals surface area contributed by atoms with Crippen molar-refractivity contribution in [2.24, 2.45) is 14.1 Å². The lowest BCUT2D eigenvalue weighted by atomic mass is 10.0. The molecule has 7 heteroatoms. The zero-order valence-corrected chi connectivity index (χ0v) is 15.3. The Bertz CT molecular complexity index is 1090. The first-order valence-electron chi connectivity index (χ1n) is 7.88. The number of nitrogens with zero attached hydrogens (tertiary/aromatic N) is 3. The molecule has 2 heterocycles. The molecule has 3 aromatic rings. The number of aliphatic hydroxyl groups is 1. The van der Waals surface area contributed by atoms with Crippen molar-refractivity contribution >= 4 is 22.5 Å². The molecule has 0 spiro atoms. The Kier molecular flexibility index (Phi) is 4.13. The molecule has 0 fully saturated rings. The molecule has 0 atom stereocenters. The summed E-state index contributed by atoms with van der Waals surface area (Å²) in [4.78, 5) is 25.2. The van der Waals surface area contributed by atoms with Gasteiger partial charge in [0.2, 0.25) is 0 Å². The Balaban J connectivity index is 2.61. The van der Waals surface area contributed by atoms with Crippen LogP contribution >= 0.6 is 11.6 Å². The highest BCUT2D eigenvalue weighted by Crippen LogP contribution is 2.36. The molecule has 1 aromatic carbocycles. The van der Waals surface area contributed by atoms with Crippen LogP contribution in [0.3, 0.4) is 0 Å². The van der Waals surface area contributed by atoms with Gasteiger partial charge in [0.05, 0.1) is 28.7 Å². The summed E-state index contributed by atoms with van der Waals surface area (Å²) in [6.45, 7) is 3.57. The molecule has 0 bridgehead atoms. The summed E-state index contributed by atoms with van der Waals surface area (Å²) in [5.74, 6) is 0. The molecule has 0 saturated heterocycles. The molecule has 25 heavy (non-hydrogen) atoms. The number of aliphatic hydroxyl groups excluding tert-OH is 1. The van der Waals surface area contributed by atoms with Crippen LogP contribution in [-0.2, 0) is 19.6 Å². The van der Waals surface area contributed by atoms with E-state index in [-0.39, 0.29) is 12.2 Å². The number of hydrogen-bond acceptors (Lipinski definition) is 3. The Morgan fingerprint density at radius 3 is 2.36 bits per heavy atom. The van der Waals surface area contributed by atoms with Crippen molar-refractivity contribution in [1.82, 2.24) is 13.7 Å². The topological polar surface area (TPSA) is 69.2 Å². The van der Waals surface area contributed by atoms with Gasteiger partial charge >= 0.3 is 5.69 Å². The van der Waals surface area contributed by atoms with E-state index >= 15 is 0 Å². The minimum absolute atomic E-state index is 0.139. The van der Waals surface area contributed by atoms with Crippen molar-refractivity contribution in [3.8, 4) is 11.3 Å². The quantitative estimate of drug-likeness (QED) is 0.776. The summed E-state index contributed by atoms with van der Waals surface area (Å²) in [5.41, 5.74) is 0.300. The molecule has 0 aliphatic rings. The highest BCUT2D eigenvalue weighted by atomic mass is 35.5. The first-order chi connectivity index (χ1) is 11.7. The third-order valence-electron chi connectivity index (χ3n) is 4.61. The Morgan fingerprint density at radius 1 is 1.12 bits per heavy atom. The first-order valence-corrected chi connectivity index (χ1v) is 8.26. The van der Waals surface area contributed by atoms with Crippen molar-refractivity contribution in [2.45, 2.75) is 19.4 Å². The summed E-state index contributed by atoms with van der Waals surface area (Å²) in [5, 5.41) is 10.8. The van der Waals surface area contributed by atoms with E-state index in [2.05, 4.69) is 0 Å². The average molecular weight is 362 g/mol. The lowest BCUT2D eigenvalue weighted by Crippen LogP contribution is -2.36. The van der Waals surface area contributed by atoms with E-state index in [0.717, 1.165) is 4.57 Å². The van der Waals surface area contributed by atoms with Crippen LogP contribution in [0.1, 0.15) is 13.8 Å². The van der Waals surface area contributed by atoms with Crippen molar-refractivity contribution in [3.05, 3.63) is 56.3 Å². The fourth-order valence-electron chi connectivity index (χ4n) is 3.01. The van der Waals surface area contributed by atoms with Gasteiger partial charge in [0, 0.05) is 30.9 Å². The van der Waals surface area contributed by atoms with Gasteiger partial charge in [0.25, 0.3) is 5.56 Å². The number of halogens is 1. The molecule has 0 amide bonds. The maximum absolute atomic E-state index is 12.9. The van der Waals surface area contributed by atoms with E-state index < -0.39 is 11.2 Å². The van der Waals surface area contributed by atoms with Crippen LogP contribution in [0.4, 0.5) is 0 Å². The minimum Gasteiger partial charge on any atom is -0.394 e. The number of benzene rings is 1. The molecule has 6 nitrogen and oxygen atoms in total. The Labute approximate surface area is 149 Å². The largest absolute Gasteiger partial charge is 0.394 e. The number of aryl methyl sites for hydroxylation is 1. The van der Waals surface area contributed by atoms with E-state index in [1.807, 2.05) is 36.6 Å². The molecule has 132 valence electrons. The van der Waals surface area contributed by atoms with Crippen LogP contribution in [-0.4, -0.2) is 25.4 Å². The molecule has 0 aliphatic heterocycles. The molecule has 1 N–H and O–H groups in total. The summed E-state index contributed by atoms with van der Waals surface area (Å²) in [7, 11) is 3.08. The van der Waals surface area contributed by atoms with E-state index in [1.165, 1.54) is 11.6 Å². The van der Waals surface area contributed by atoms with Crippen LogP contribution in [0.15, 0.2) is 40.1 Å². The van der Waals surface area contributed by atoms with Gasteiger partial charge < -0.3 is 9.67 Å². The maximum Gasteiger partial charge on any atom is 0.330 e. The van der Waals surface area contributed by atoms with E-state index in [9.17, 15) is 14.7 Å². The number of hydrogen-bond donors (Lipinski definition) is 1. The van der Waals surface area contributed by atoms with Crippen LogP contribution in [0.2, 0.25) is 5.02 Å². The van der Waals surface area contributed by atoms with E-state index in [4.69, 9.17) is 11.6 Å². The summed E-state index contributed by atoms with van der Waals surface area (Å²) >= 11 is 6.39. The zero-order chi connectivity index (χ0) is 18.5. The summed E-state index contributed by atoms with van der Waals surface area (Å²) < 4.78 is 4.33. The number of fused-ring (bicyclic) bond motifs is 1. The Hall–Kier alpha value is -2.31. The third kappa shape index (κ3) is 2.53. The molecular weight excluding hydrogens is 342 g/mol. The van der Waals surface area contributed by atoms with Gasteiger partial charge in [-0.2, -0.15) is 0 Å². The predicted octanol–water partition coefficient (Wildman–Crippen LogP) is 2.09. The van der Waals surface area contributed by atoms with E-state index in [1.54, 1.807) is 19.3 Å². The van der Waals surface area contributed by atoms with Crippen molar-refractivity contribution < 1.29 is 5.11 Å². The van der Waals surface area contributed by atoms with Crippen LogP contribution in [0, 0.1) is 0 Å². The zero-order valence-electron chi connectivity index (χ0n) is 14.6. The van der Waals surface area contributed by atoms with Gasteiger partial charge in [0.1, 0.15) is 0 Å². The molecule has 0 saturated carbocycles. The van der Waals surface area contributed by atoms with E-state index in [0.29, 0.717) is 27.2 Å². The highest BCUT2D eigenvalue weighted by molar-refractivity contribution is 6.33. The summed E-state index contributed by atoms with van der Waals surface area (Å²) in [6.07, 6.45) is 1.73. The molecule has 3 rings (SSSR count). The number of rotatable bonds is 3. The molecule has 0 aliphatic carbocycles. The normalized spacial score (nSPS) is 12.1. The van der Waals surface area contributed by atoms with Gasteiger partial charge in [-0.25, -0.2) is 4.79 Å². The van der Waals surface area contributed by atoms with Crippen molar-refractivity contribution in [2.75, 3.05) is 6.61 Å². The fraction of sp³-hybridized carbons (Fsp3) is 0.333. The second kappa shape index (κ2) is 5.89. The number of aromatic nitrogens is 3. The second-order valence-electron chi connectivity index (χ2n) is 6.76. The first kappa shape index (κ1) is 17.5. The fourth-order valence-corrected chi connectivity index (χ4v) is 3.24. The summed E-state index contributed by atoms with van der Waals surface area (Å²) in [6, 6.07) is 7.22. The highest BCUT2D eigenvalue weighted by Gasteiger charge is 2.28. The van der Waals surface area contributed by atoms with Crippen LogP contribution in [0.25, 0.3) is 22.2 Å². The molecule has 0 radical (unpaired) electrons. The minimum atomic E-state index is -0.686. The lowest BCUT2D eigenvalue weighted by Gasteiger charge is -2.27. The molecule has 0 unspecified atom stereocenters. The predicted molar refractivity (Wildman–Crippen MR) is 99.3 cm³/mol. The van der Waals surface area contributed by atoms with Gasteiger partial charge in [-0.3, -0.25) is 13.9 Å². The van der Waals surface area contributed by atoms with Crippen LogP contribution in [0.5, 0.6) is 0 Å².